The summed E-state index contributed by atoms with van der Waals surface area (Å²) in [5.41, 5.74) is 5.76. The van der Waals surface area contributed by atoms with Gasteiger partial charge in [-0.3, -0.25) is 9.67 Å². The molecule has 0 aliphatic rings. The molecule has 0 spiro atoms. The quantitative estimate of drug-likeness (QED) is 0.176. The van der Waals surface area contributed by atoms with Crippen LogP contribution >= 0.6 is 0 Å². The van der Waals surface area contributed by atoms with E-state index in [0.717, 1.165) is 70.9 Å². The number of methoxy groups -OCH3 is 2. The number of rotatable bonds is 10. The molecule has 0 saturated heterocycles. The zero-order valence-electron chi connectivity index (χ0n) is 23.0. The predicted octanol–water partition coefficient (Wildman–Crippen LogP) is 6.51. The average molecular weight is 519 g/mol. The molecular weight excluding hydrogens is 480 g/mol. The maximum absolute atomic E-state index is 6.30. The summed E-state index contributed by atoms with van der Waals surface area (Å²) in [6.45, 7) is 12.9. The minimum absolute atomic E-state index is 0.224. The van der Waals surface area contributed by atoms with Gasteiger partial charge in [-0.25, -0.2) is 4.98 Å². The highest BCUT2D eigenvalue weighted by Gasteiger charge is 2.36. The fourth-order valence-corrected chi connectivity index (χ4v) is 4.99. The van der Waals surface area contributed by atoms with E-state index in [1.165, 1.54) is 0 Å². The van der Waals surface area contributed by atoms with Gasteiger partial charge in [0.15, 0.2) is 8.32 Å². The Hall–Kier alpha value is -3.23. The first kappa shape index (κ1) is 26.8. The van der Waals surface area contributed by atoms with E-state index in [1.54, 1.807) is 14.2 Å². The smallest absolute Gasteiger partial charge is 0.191 e. The van der Waals surface area contributed by atoms with E-state index in [-0.39, 0.29) is 5.04 Å². The summed E-state index contributed by atoms with van der Waals surface area (Å²) in [4.78, 5) is 9.54. The van der Waals surface area contributed by atoms with Gasteiger partial charge in [-0.1, -0.05) is 26.8 Å². The summed E-state index contributed by atoms with van der Waals surface area (Å²) in [6.07, 6.45) is 7.38. The van der Waals surface area contributed by atoms with E-state index < -0.39 is 8.32 Å². The third-order valence-electron chi connectivity index (χ3n) is 7.16. The molecule has 2 heterocycles. The Balaban J connectivity index is 1.45. The Morgan fingerprint density at radius 2 is 1.62 bits per heavy atom. The van der Waals surface area contributed by atoms with Crippen molar-refractivity contribution in [2.45, 2.75) is 58.3 Å². The lowest BCUT2D eigenvalue weighted by Crippen LogP contribution is -2.41. The molecule has 196 valence electrons. The van der Waals surface area contributed by atoms with Gasteiger partial charge in [0.25, 0.3) is 0 Å². The molecule has 0 amide bonds. The zero-order valence-corrected chi connectivity index (χ0v) is 24.0. The number of hydrogen-bond donors (Lipinski definition) is 0. The average Bonchev–Trinajstić information content (AvgIpc) is 3.34. The lowest BCUT2D eigenvalue weighted by Gasteiger charge is -2.36. The minimum atomic E-state index is -1.72. The molecule has 0 atom stereocenters. The molecule has 8 heteroatoms. The Labute approximate surface area is 220 Å². The number of fused-ring (bicyclic) bond motifs is 1. The highest BCUT2D eigenvalue weighted by atomic mass is 28.4. The molecule has 0 fully saturated rings. The van der Waals surface area contributed by atoms with E-state index in [1.807, 2.05) is 47.5 Å². The molecule has 4 aromatic rings. The minimum Gasteiger partial charge on any atom is -0.497 e. The standard InChI is InChI=1S/C29H38N4O3Si/c1-29(2,3)37(6,7)36-12-8-11-33-20-23(18-31-33)28-19-30-26-10-9-21(16-27(26)32-28)13-22-14-24(34-4)17-25(15-22)35-5/h9-10,14-20H,8,11-13H2,1-7H3. The Kier molecular flexibility index (Phi) is 7.99. The maximum atomic E-state index is 6.30. The zero-order chi connectivity index (χ0) is 26.6. The Morgan fingerprint density at radius 1 is 0.892 bits per heavy atom. The van der Waals surface area contributed by atoms with Crippen LogP contribution in [0, 0.1) is 0 Å². The number of aromatic nitrogens is 4. The van der Waals surface area contributed by atoms with Gasteiger partial charge >= 0.3 is 0 Å². The van der Waals surface area contributed by atoms with Gasteiger partial charge in [0, 0.05) is 31.0 Å². The van der Waals surface area contributed by atoms with Crippen molar-refractivity contribution in [1.29, 1.82) is 0 Å². The molecular formula is C29H38N4O3Si. The molecule has 0 saturated carbocycles. The van der Waals surface area contributed by atoms with Crippen LogP contribution in [0.4, 0.5) is 0 Å². The number of aryl methyl sites for hydroxylation is 1. The number of ether oxygens (including phenoxy) is 2. The van der Waals surface area contributed by atoms with Gasteiger partial charge in [-0.2, -0.15) is 5.10 Å². The van der Waals surface area contributed by atoms with Crippen molar-refractivity contribution in [1.82, 2.24) is 19.7 Å². The van der Waals surface area contributed by atoms with E-state index in [2.05, 4.69) is 56.1 Å². The third kappa shape index (κ3) is 6.56. The summed E-state index contributed by atoms with van der Waals surface area (Å²) >= 11 is 0. The Morgan fingerprint density at radius 3 is 2.30 bits per heavy atom. The summed E-state index contributed by atoms with van der Waals surface area (Å²) in [6, 6.07) is 12.1. The monoisotopic (exact) mass is 518 g/mol. The van der Waals surface area contributed by atoms with Crippen molar-refractivity contribution in [2.75, 3.05) is 20.8 Å². The summed E-state index contributed by atoms with van der Waals surface area (Å²) in [5.74, 6) is 1.56. The SMILES string of the molecule is COc1cc(Cc2ccc3ncc(-c4cnn(CCCO[Si](C)(C)C(C)(C)C)c4)nc3c2)cc(OC)c1. The lowest BCUT2D eigenvalue weighted by molar-refractivity contribution is 0.272. The number of hydrogen-bond acceptors (Lipinski definition) is 6. The Bertz CT molecular complexity index is 1340. The van der Waals surface area contributed by atoms with Gasteiger partial charge in [-0.05, 0) is 66.4 Å². The van der Waals surface area contributed by atoms with Crippen LogP contribution in [0.3, 0.4) is 0 Å². The van der Waals surface area contributed by atoms with Crippen molar-refractivity contribution in [3.8, 4) is 22.8 Å². The first-order valence-electron chi connectivity index (χ1n) is 12.7. The van der Waals surface area contributed by atoms with Gasteiger partial charge in [0.2, 0.25) is 0 Å². The third-order valence-corrected chi connectivity index (χ3v) is 11.7. The topological polar surface area (TPSA) is 71.3 Å². The van der Waals surface area contributed by atoms with E-state index in [0.29, 0.717) is 0 Å². The molecule has 7 nitrogen and oxygen atoms in total. The molecule has 0 bridgehead atoms. The fourth-order valence-electron chi connectivity index (χ4n) is 3.90. The van der Waals surface area contributed by atoms with Crippen molar-refractivity contribution in [2.24, 2.45) is 0 Å². The highest BCUT2D eigenvalue weighted by molar-refractivity contribution is 6.74. The van der Waals surface area contributed by atoms with Crippen molar-refractivity contribution >= 4 is 19.4 Å². The van der Waals surface area contributed by atoms with Gasteiger partial charge in [0.1, 0.15) is 11.5 Å². The molecule has 2 aromatic heterocycles. The van der Waals surface area contributed by atoms with Gasteiger partial charge in [0.05, 0.1) is 43.3 Å². The second-order valence-corrected chi connectivity index (χ2v) is 15.7. The van der Waals surface area contributed by atoms with E-state index >= 15 is 0 Å². The largest absolute Gasteiger partial charge is 0.497 e. The summed E-state index contributed by atoms with van der Waals surface area (Å²) in [7, 11) is 1.61. The van der Waals surface area contributed by atoms with Gasteiger partial charge < -0.3 is 13.9 Å². The molecule has 0 N–H and O–H groups in total. The molecule has 2 aromatic carbocycles. The van der Waals surface area contributed by atoms with E-state index in [4.69, 9.17) is 18.9 Å². The molecule has 0 aliphatic heterocycles. The highest BCUT2D eigenvalue weighted by Crippen LogP contribution is 2.36. The first-order chi connectivity index (χ1) is 17.6. The van der Waals surface area contributed by atoms with Crippen molar-refractivity contribution in [3.05, 3.63) is 66.1 Å². The van der Waals surface area contributed by atoms with Crippen LogP contribution < -0.4 is 9.47 Å². The van der Waals surface area contributed by atoms with Crippen LogP contribution in [0.25, 0.3) is 22.3 Å². The van der Waals surface area contributed by atoms with Crippen molar-refractivity contribution in [3.63, 3.8) is 0 Å². The van der Waals surface area contributed by atoms with Crippen molar-refractivity contribution < 1.29 is 13.9 Å². The van der Waals surface area contributed by atoms with Gasteiger partial charge in [-0.15, -0.1) is 0 Å². The first-order valence-corrected chi connectivity index (χ1v) is 15.6. The van der Waals surface area contributed by atoms with Crippen LogP contribution in [0.1, 0.15) is 38.3 Å². The van der Waals surface area contributed by atoms with Crippen LogP contribution in [0.15, 0.2) is 55.0 Å². The van der Waals surface area contributed by atoms with Crippen LogP contribution in [0.5, 0.6) is 11.5 Å². The second-order valence-electron chi connectivity index (χ2n) is 10.9. The normalized spacial score (nSPS) is 12.2. The summed E-state index contributed by atoms with van der Waals surface area (Å²) in [5, 5.41) is 4.77. The number of nitrogens with zero attached hydrogens (tertiary/aromatic N) is 4. The predicted molar refractivity (Wildman–Crippen MR) is 151 cm³/mol. The summed E-state index contributed by atoms with van der Waals surface area (Å²) < 4.78 is 19.1. The van der Waals surface area contributed by atoms with Crippen LogP contribution in [-0.4, -0.2) is 48.9 Å². The molecule has 37 heavy (non-hydrogen) atoms. The molecule has 0 radical (unpaired) electrons. The molecule has 0 aliphatic carbocycles. The maximum Gasteiger partial charge on any atom is 0.191 e. The molecule has 0 unspecified atom stereocenters. The van der Waals surface area contributed by atoms with Crippen LogP contribution in [-0.2, 0) is 17.4 Å². The fraction of sp³-hybridized carbons (Fsp3) is 0.414. The lowest BCUT2D eigenvalue weighted by atomic mass is 10.0. The molecule has 4 rings (SSSR count). The number of benzene rings is 2. The van der Waals surface area contributed by atoms with Crippen LogP contribution in [0.2, 0.25) is 18.1 Å². The second kappa shape index (κ2) is 11.0. The van der Waals surface area contributed by atoms with E-state index in [9.17, 15) is 0 Å².